The van der Waals surface area contributed by atoms with Gasteiger partial charge in [-0.15, -0.1) is 11.3 Å². The number of non-ortho nitro benzene ring substituents is 1. The van der Waals surface area contributed by atoms with Crippen LogP contribution < -0.4 is 5.56 Å². The van der Waals surface area contributed by atoms with E-state index >= 15 is 0 Å². The topological polar surface area (TPSA) is 76.0 Å². The molecule has 1 aromatic carbocycles. The quantitative estimate of drug-likeness (QED) is 0.529. The maximum Gasteiger partial charge on any atom is 0.270 e. The van der Waals surface area contributed by atoms with E-state index in [-0.39, 0.29) is 11.2 Å². The molecule has 2 aromatic heterocycles. The molecular weight excluding hydrogens is 240 g/mol. The van der Waals surface area contributed by atoms with Gasteiger partial charge in [0.15, 0.2) is 0 Å². The first-order chi connectivity index (χ1) is 8.16. The Balaban J connectivity index is 2.53. The number of fused-ring (bicyclic) bond motifs is 3. The highest BCUT2D eigenvalue weighted by Crippen LogP contribution is 2.27. The van der Waals surface area contributed by atoms with E-state index in [9.17, 15) is 14.9 Å². The third-order valence-corrected chi connectivity index (χ3v) is 3.54. The first-order valence-corrected chi connectivity index (χ1v) is 5.72. The van der Waals surface area contributed by atoms with Crippen LogP contribution in [0.1, 0.15) is 0 Å². The molecule has 0 saturated carbocycles. The fourth-order valence-corrected chi connectivity index (χ4v) is 2.66. The number of nitro benzene ring substituents is 1. The Morgan fingerprint density at radius 3 is 2.82 bits per heavy atom. The van der Waals surface area contributed by atoms with Gasteiger partial charge in [-0.25, -0.2) is 0 Å². The number of pyridine rings is 1. The van der Waals surface area contributed by atoms with Crippen LogP contribution in [-0.4, -0.2) is 9.91 Å². The van der Waals surface area contributed by atoms with Crippen LogP contribution in [0.15, 0.2) is 34.4 Å². The molecule has 6 heteroatoms. The van der Waals surface area contributed by atoms with Gasteiger partial charge in [-0.1, -0.05) is 0 Å². The predicted molar refractivity (Wildman–Crippen MR) is 66.6 cm³/mol. The molecule has 17 heavy (non-hydrogen) atoms. The van der Waals surface area contributed by atoms with Crippen molar-refractivity contribution in [3.8, 4) is 0 Å². The summed E-state index contributed by atoms with van der Waals surface area (Å²) in [6.45, 7) is 0. The molecule has 0 saturated heterocycles. The number of H-pyrrole nitrogens is 1. The van der Waals surface area contributed by atoms with Crippen molar-refractivity contribution in [2.45, 2.75) is 0 Å². The molecule has 0 unspecified atom stereocenters. The zero-order valence-corrected chi connectivity index (χ0v) is 9.28. The third kappa shape index (κ3) is 1.42. The van der Waals surface area contributed by atoms with Crippen LogP contribution in [0.4, 0.5) is 5.69 Å². The normalized spacial score (nSPS) is 11.1. The van der Waals surface area contributed by atoms with Gasteiger partial charge < -0.3 is 4.98 Å². The summed E-state index contributed by atoms with van der Waals surface area (Å²) in [7, 11) is 0. The SMILES string of the molecule is O=c1[nH]c2ccc([N+](=O)[O-])cc2c2ccsc12. The van der Waals surface area contributed by atoms with Gasteiger partial charge in [0.1, 0.15) is 4.70 Å². The van der Waals surface area contributed by atoms with Crippen LogP contribution in [-0.2, 0) is 0 Å². The zero-order valence-electron chi connectivity index (χ0n) is 8.47. The van der Waals surface area contributed by atoms with Gasteiger partial charge in [0.2, 0.25) is 0 Å². The van der Waals surface area contributed by atoms with Crippen molar-refractivity contribution in [3.63, 3.8) is 0 Å². The molecule has 0 amide bonds. The van der Waals surface area contributed by atoms with Gasteiger partial charge in [-0.3, -0.25) is 14.9 Å². The maximum atomic E-state index is 11.7. The summed E-state index contributed by atoms with van der Waals surface area (Å²) in [5.74, 6) is 0. The van der Waals surface area contributed by atoms with E-state index in [1.54, 1.807) is 17.5 Å². The molecule has 0 aliphatic heterocycles. The minimum atomic E-state index is -0.442. The molecule has 0 bridgehead atoms. The number of nitrogens with one attached hydrogen (secondary N) is 1. The summed E-state index contributed by atoms with van der Waals surface area (Å²) in [4.78, 5) is 24.7. The van der Waals surface area contributed by atoms with Gasteiger partial charge >= 0.3 is 0 Å². The number of hydrogen-bond acceptors (Lipinski definition) is 4. The number of nitro groups is 1. The molecule has 0 aliphatic rings. The lowest BCUT2D eigenvalue weighted by molar-refractivity contribution is -0.384. The molecule has 5 nitrogen and oxygen atoms in total. The molecule has 0 fully saturated rings. The number of nitrogens with zero attached hydrogens (tertiary/aromatic N) is 1. The molecular formula is C11H6N2O3S. The Kier molecular flexibility index (Phi) is 1.99. The van der Waals surface area contributed by atoms with Crippen LogP contribution >= 0.6 is 11.3 Å². The van der Waals surface area contributed by atoms with Crippen molar-refractivity contribution in [2.75, 3.05) is 0 Å². The summed E-state index contributed by atoms with van der Waals surface area (Å²) < 4.78 is 0.595. The van der Waals surface area contributed by atoms with Crippen molar-refractivity contribution in [1.82, 2.24) is 4.98 Å². The first-order valence-electron chi connectivity index (χ1n) is 4.84. The number of aromatic nitrogens is 1. The molecule has 0 aliphatic carbocycles. The minimum Gasteiger partial charge on any atom is -0.321 e. The molecule has 3 rings (SSSR count). The highest BCUT2D eigenvalue weighted by Gasteiger charge is 2.11. The van der Waals surface area contributed by atoms with Crippen LogP contribution in [0, 0.1) is 10.1 Å². The monoisotopic (exact) mass is 246 g/mol. The van der Waals surface area contributed by atoms with Crippen molar-refractivity contribution < 1.29 is 4.92 Å². The first kappa shape index (κ1) is 9.98. The van der Waals surface area contributed by atoms with Crippen molar-refractivity contribution in [3.05, 3.63) is 50.1 Å². The van der Waals surface area contributed by atoms with Crippen molar-refractivity contribution >= 4 is 38.0 Å². The maximum absolute atomic E-state index is 11.7. The molecule has 1 N–H and O–H groups in total. The molecule has 3 aromatic rings. The fraction of sp³-hybridized carbons (Fsp3) is 0. The lowest BCUT2D eigenvalue weighted by Crippen LogP contribution is -2.04. The average Bonchev–Trinajstić information content (AvgIpc) is 2.78. The summed E-state index contributed by atoms with van der Waals surface area (Å²) >= 11 is 1.33. The van der Waals surface area contributed by atoms with Gasteiger partial charge in [0, 0.05) is 28.4 Å². The Morgan fingerprint density at radius 2 is 2.06 bits per heavy atom. The second-order valence-electron chi connectivity index (χ2n) is 3.60. The number of thiophene rings is 1. The second-order valence-corrected chi connectivity index (χ2v) is 4.52. The van der Waals surface area contributed by atoms with E-state index < -0.39 is 4.92 Å². The van der Waals surface area contributed by atoms with Crippen LogP contribution in [0.5, 0.6) is 0 Å². The largest absolute Gasteiger partial charge is 0.321 e. The summed E-state index contributed by atoms with van der Waals surface area (Å²) in [6, 6.07) is 6.24. The zero-order chi connectivity index (χ0) is 12.0. The Labute approximate surface area is 98.5 Å². The summed E-state index contributed by atoms with van der Waals surface area (Å²) in [6.07, 6.45) is 0. The van der Waals surface area contributed by atoms with Crippen LogP contribution in [0.3, 0.4) is 0 Å². The van der Waals surface area contributed by atoms with Crippen LogP contribution in [0.2, 0.25) is 0 Å². The highest BCUT2D eigenvalue weighted by atomic mass is 32.1. The smallest absolute Gasteiger partial charge is 0.270 e. The molecule has 2 heterocycles. The van der Waals surface area contributed by atoms with E-state index in [2.05, 4.69) is 4.98 Å². The van der Waals surface area contributed by atoms with Crippen LogP contribution in [0.25, 0.3) is 21.0 Å². The number of benzene rings is 1. The number of aromatic amines is 1. The molecule has 0 radical (unpaired) electrons. The van der Waals surface area contributed by atoms with Gasteiger partial charge in [-0.2, -0.15) is 0 Å². The minimum absolute atomic E-state index is 0.0250. The van der Waals surface area contributed by atoms with Gasteiger partial charge in [-0.05, 0) is 17.5 Å². The predicted octanol–water partition coefficient (Wildman–Crippen LogP) is 2.65. The lowest BCUT2D eigenvalue weighted by atomic mass is 10.1. The lowest BCUT2D eigenvalue weighted by Gasteiger charge is -1.99. The molecule has 0 atom stereocenters. The highest BCUT2D eigenvalue weighted by molar-refractivity contribution is 7.17. The Bertz CT molecular complexity index is 803. The van der Waals surface area contributed by atoms with Gasteiger partial charge in [0.25, 0.3) is 11.2 Å². The Hall–Kier alpha value is -2.21. The summed E-state index contributed by atoms with van der Waals surface area (Å²) in [5, 5.41) is 14.0. The molecule has 84 valence electrons. The van der Waals surface area contributed by atoms with Gasteiger partial charge in [0.05, 0.1) is 4.92 Å². The van der Waals surface area contributed by atoms with E-state index in [0.717, 1.165) is 5.39 Å². The average molecular weight is 246 g/mol. The summed E-state index contributed by atoms with van der Waals surface area (Å²) in [5.41, 5.74) is 0.486. The Morgan fingerprint density at radius 1 is 1.24 bits per heavy atom. The van der Waals surface area contributed by atoms with E-state index in [4.69, 9.17) is 0 Å². The third-order valence-electron chi connectivity index (χ3n) is 2.62. The van der Waals surface area contributed by atoms with E-state index in [0.29, 0.717) is 15.6 Å². The van der Waals surface area contributed by atoms with Crippen molar-refractivity contribution in [1.29, 1.82) is 0 Å². The second kappa shape index (κ2) is 3.39. The standard InChI is InChI=1S/C11H6N2O3S/c14-11-10-7(3-4-17-10)8-5-6(13(15)16)1-2-9(8)12-11/h1-5H,(H,12,14). The fourth-order valence-electron chi connectivity index (χ4n) is 1.85. The van der Waals surface area contributed by atoms with E-state index in [1.165, 1.54) is 23.5 Å². The molecule has 0 spiro atoms. The number of hydrogen-bond donors (Lipinski definition) is 1. The van der Waals surface area contributed by atoms with E-state index in [1.807, 2.05) is 0 Å². The number of rotatable bonds is 1. The van der Waals surface area contributed by atoms with Crippen molar-refractivity contribution in [2.24, 2.45) is 0 Å².